The van der Waals surface area contributed by atoms with E-state index in [1.165, 1.54) is 33.4 Å². The smallest absolute Gasteiger partial charge is 0.343 e. The standard InChI is InChI=1S/C22H17O.BrH/c1-23-19-14-12-18(13-15-19)22-20(16-8-4-2-5-9-16)21(22)17-10-6-3-7-11-17;/h2-15H,1H3;1H/q+1;/p-1. The average molecular weight is 377 g/mol. The van der Waals surface area contributed by atoms with Gasteiger partial charge in [-0.05, 0) is 45.6 Å². The Labute approximate surface area is 152 Å². The van der Waals surface area contributed by atoms with Crippen LogP contribution in [0.25, 0.3) is 11.1 Å². The second-order valence-electron chi connectivity index (χ2n) is 5.59. The molecule has 2 aliphatic carbocycles. The Balaban J connectivity index is 0.00000169. The molecule has 0 spiro atoms. The van der Waals surface area contributed by atoms with Crippen molar-refractivity contribution in [1.29, 1.82) is 0 Å². The minimum atomic E-state index is 0. The summed E-state index contributed by atoms with van der Waals surface area (Å²) >= 11 is 0. The summed E-state index contributed by atoms with van der Waals surface area (Å²) in [5.74, 6) is 0.887. The highest BCUT2D eigenvalue weighted by molar-refractivity contribution is 6.27. The molecule has 0 atom stereocenters. The molecule has 0 aromatic heterocycles. The van der Waals surface area contributed by atoms with Crippen LogP contribution in [0.2, 0.25) is 0 Å². The quantitative estimate of drug-likeness (QED) is 0.707. The van der Waals surface area contributed by atoms with Crippen molar-refractivity contribution >= 4 is 16.9 Å². The molecule has 2 aromatic rings. The SMILES string of the molecule is C[O+]=C1C=CC(=C2C(c3ccccc3)=C2c2ccccc2)C=C1.[Br-]. The van der Waals surface area contributed by atoms with Crippen molar-refractivity contribution in [2.75, 3.05) is 7.11 Å². The molecule has 1 nitrogen and oxygen atoms in total. The van der Waals surface area contributed by atoms with Crippen LogP contribution < -0.4 is 17.0 Å². The van der Waals surface area contributed by atoms with Crippen LogP contribution in [0.5, 0.6) is 0 Å². The third-order valence-corrected chi connectivity index (χ3v) is 4.19. The van der Waals surface area contributed by atoms with Crippen molar-refractivity contribution in [3.05, 3.63) is 107 Å². The Kier molecular flexibility index (Phi) is 4.77. The molecule has 2 heteroatoms. The summed E-state index contributed by atoms with van der Waals surface area (Å²) in [6.07, 6.45) is 8.30. The number of allylic oxidation sites excluding steroid dienone is 8. The van der Waals surface area contributed by atoms with Gasteiger partial charge in [-0.1, -0.05) is 60.7 Å². The minimum absolute atomic E-state index is 0. The molecule has 2 aliphatic rings. The predicted octanol–water partition coefficient (Wildman–Crippen LogP) is 1.77. The molecular formula is C22H17BrO. The Morgan fingerprint density at radius 1 is 0.583 bits per heavy atom. The summed E-state index contributed by atoms with van der Waals surface area (Å²) in [6.45, 7) is 0. The van der Waals surface area contributed by atoms with Crippen LogP contribution >= 0.6 is 0 Å². The van der Waals surface area contributed by atoms with Crippen LogP contribution in [0.15, 0.2) is 96.1 Å². The minimum Gasteiger partial charge on any atom is -1.00 e. The van der Waals surface area contributed by atoms with Gasteiger partial charge in [0, 0.05) is 12.2 Å². The van der Waals surface area contributed by atoms with E-state index in [4.69, 9.17) is 4.42 Å². The van der Waals surface area contributed by atoms with E-state index >= 15 is 0 Å². The highest BCUT2D eigenvalue weighted by Crippen LogP contribution is 2.54. The Bertz CT molecular complexity index is 828. The van der Waals surface area contributed by atoms with Crippen molar-refractivity contribution in [2.24, 2.45) is 0 Å². The maximum Gasteiger partial charge on any atom is 0.343 e. The number of ketones is 1. The van der Waals surface area contributed by atoms with Gasteiger partial charge in [0.15, 0.2) is 0 Å². The maximum atomic E-state index is 5.27. The van der Waals surface area contributed by atoms with Crippen molar-refractivity contribution in [3.8, 4) is 0 Å². The third-order valence-electron chi connectivity index (χ3n) is 4.19. The van der Waals surface area contributed by atoms with E-state index in [1.807, 2.05) is 12.2 Å². The summed E-state index contributed by atoms with van der Waals surface area (Å²) < 4.78 is 5.27. The number of rotatable bonds is 2. The maximum absolute atomic E-state index is 5.27. The van der Waals surface area contributed by atoms with E-state index in [9.17, 15) is 0 Å². The van der Waals surface area contributed by atoms with Gasteiger partial charge in [-0.2, -0.15) is 0 Å². The second-order valence-corrected chi connectivity index (χ2v) is 5.59. The number of hydrogen-bond donors (Lipinski definition) is 0. The van der Waals surface area contributed by atoms with E-state index in [0.29, 0.717) is 0 Å². The lowest BCUT2D eigenvalue weighted by Crippen LogP contribution is -3.00. The Morgan fingerprint density at radius 2 is 1.04 bits per heavy atom. The first kappa shape index (κ1) is 16.4. The molecule has 0 unspecified atom stereocenters. The van der Waals surface area contributed by atoms with Crippen molar-refractivity contribution in [2.45, 2.75) is 0 Å². The van der Waals surface area contributed by atoms with Crippen LogP contribution in [-0.2, 0) is 4.42 Å². The summed E-state index contributed by atoms with van der Waals surface area (Å²) in [7, 11) is 1.70. The van der Waals surface area contributed by atoms with Gasteiger partial charge >= 0.3 is 5.78 Å². The Morgan fingerprint density at radius 3 is 1.46 bits per heavy atom. The highest BCUT2D eigenvalue weighted by Gasteiger charge is 2.34. The lowest BCUT2D eigenvalue weighted by atomic mass is 10.0. The van der Waals surface area contributed by atoms with E-state index < -0.39 is 0 Å². The molecule has 0 heterocycles. The molecule has 0 saturated heterocycles. The van der Waals surface area contributed by atoms with Gasteiger partial charge < -0.3 is 17.0 Å². The van der Waals surface area contributed by atoms with Crippen molar-refractivity contribution in [3.63, 3.8) is 0 Å². The summed E-state index contributed by atoms with van der Waals surface area (Å²) in [5, 5.41) is 0. The molecule has 0 radical (unpaired) electrons. The predicted molar refractivity (Wildman–Crippen MR) is 95.9 cm³/mol. The average Bonchev–Trinajstić information content (AvgIpc) is 3.39. The van der Waals surface area contributed by atoms with Crippen LogP contribution in [0.3, 0.4) is 0 Å². The fourth-order valence-corrected chi connectivity index (χ4v) is 3.02. The van der Waals surface area contributed by atoms with Crippen molar-refractivity contribution < 1.29 is 21.4 Å². The monoisotopic (exact) mass is 376 g/mol. The fourth-order valence-electron chi connectivity index (χ4n) is 3.02. The highest BCUT2D eigenvalue weighted by atomic mass is 79.9. The van der Waals surface area contributed by atoms with Crippen LogP contribution in [-0.4, -0.2) is 12.9 Å². The van der Waals surface area contributed by atoms with Crippen molar-refractivity contribution in [1.82, 2.24) is 0 Å². The fraction of sp³-hybridized carbons (Fsp3) is 0.0455. The molecule has 118 valence electrons. The van der Waals surface area contributed by atoms with E-state index in [0.717, 1.165) is 5.78 Å². The third kappa shape index (κ3) is 2.98. The van der Waals surface area contributed by atoms with Gasteiger partial charge in [0.05, 0.1) is 0 Å². The summed E-state index contributed by atoms with van der Waals surface area (Å²) in [4.78, 5) is 0. The molecule has 0 amide bonds. The first-order valence-electron chi connectivity index (χ1n) is 7.76. The first-order valence-corrected chi connectivity index (χ1v) is 7.76. The molecular weight excluding hydrogens is 360 g/mol. The number of benzene rings is 2. The van der Waals surface area contributed by atoms with Crippen LogP contribution in [0.1, 0.15) is 11.1 Å². The molecule has 24 heavy (non-hydrogen) atoms. The van der Waals surface area contributed by atoms with Gasteiger partial charge in [0.2, 0.25) is 0 Å². The molecule has 0 saturated carbocycles. The molecule has 0 aliphatic heterocycles. The molecule has 0 N–H and O–H groups in total. The van der Waals surface area contributed by atoms with Crippen LogP contribution in [0, 0.1) is 0 Å². The zero-order valence-electron chi connectivity index (χ0n) is 13.4. The molecule has 2 aromatic carbocycles. The lowest BCUT2D eigenvalue weighted by Gasteiger charge is -1.99. The summed E-state index contributed by atoms with van der Waals surface area (Å²) in [6, 6.07) is 21.2. The van der Waals surface area contributed by atoms with E-state index in [-0.39, 0.29) is 17.0 Å². The normalized spacial score (nSPS) is 15.5. The lowest BCUT2D eigenvalue weighted by molar-refractivity contribution is -0.417. The number of halogens is 1. The summed E-state index contributed by atoms with van der Waals surface area (Å²) in [5.41, 5.74) is 7.83. The van der Waals surface area contributed by atoms with Gasteiger partial charge in [-0.15, -0.1) is 0 Å². The topological polar surface area (TPSA) is 11.3 Å². The number of carbonyl (C=O) groups excluding carboxylic acids is 1. The molecule has 4 rings (SSSR count). The largest absolute Gasteiger partial charge is 1.00 e. The van der Waals surface area contributed by atoms with Gasteiger partial charge in [0.25, 0.3) is 7.11 Å². The van der Waals surface area contributed by atoms with E-state index in [2.05, 4.69) is 72.8 Å². The zero-order chi connectivity index (χ0) is 15.6. The number of hydrogen-bond acceptors (Lipinski definition) is 0. The Hall–Kier alpha value is -2.45. The van der Waals surface area contributed by atoms with Crippen LogP contribution in [0.4, 0.5) is 0 Å². The van der Waals surface area contributed by atoms with Gasteiger partial charge in [-0.25, -0.2) is 0 Å². The van der Waals surface area contributed by atoms with Gasteiger partial charge in [-0.3, -0.25) is 4.42 Å². The zero-order valence-corrected chi connectivity index (χ0v) is 15.0. The van der Waals surface area contributed by atoms with Gasteiger partial charge in [0.1, 0.15) is 0 Å². The van der Waals surface area contributed by atoms with E-state index in [1.54, 1.807) is 7.11 Å². The second kappa shape index (κ2) is 6.98. The first-order chi connectivity index (χ1) is 11.4. The molecule has 0 fully saturated rings. The molecule has 0 bridgehead atoms.